The van der Waals surface area contributed by atoms with Crippen molar-refractivity contribution in [3.63, 3.8) is 0 Å². The summed E-state index contributed by atoms with van der Waals surface area (Å²) in [4.78, 5) is 14.6. The number of Topliss-reactive ketones (excluding diaryl/α,β-unsaturated/α-hetero) is 1. The molecule has 1 aromatic rings. The lowest BCUT2D eigenvalue weighted by Gasteiger charge is -2.14. The Kier molecular flexibility index (Phi) is 3.62. The summed E-state index contributed by atoms with van der Waals surface area (Å²) in [5.41, 5.74) is 3.12. The van der Waals surface area contributed by atoms with Crippen LogP contribution in [0.2, 0.25) is 0 Å². The Morgan fingerprint density at radius 3 is 2.28 bits per heavy atom. The van der Waals surface area contributed by atoms with Crippen molar-refractivity contribution in [2.45, 2.75) is 27.7 Å². The third kappa shape index (κ3) is 2.37. The highest BCUT2D eigenvalue weighted by Crippen LogP contribution is 2.23. The topological polar surface area (TPSA) is 25.2 Å². The van der Waals surface area contributed by atoms with Crippen LogP contribution in [0.25, 0.3) is 0 Å². The number of carbonyl (C=O) groups is 1. The van der Waals surface area contributed by atoms with Gasteiger partial charge in [-0.25, -0.2) is 0 Å². The zero-order valence-corrected chi connectivity index (χ0v) is 12.2. The molecule has 3 nitrogen and oxygen atoms in total. The van der Waals surface area contributed by atoms with E-state index >= 15 is 0 Å². The predicted molar refractivity (Wildman–Crippen MR) is 74.0 cm³/mol. The Balaban J connectivity index is 2.06. The Bertz CT molecular complexity index is 451. The van der Waals surface area contributed by atoms with Gasteiger partial charge < -0.3 is 4.57 Å². The summed E-state index contributed by atoms with van der Waals surface area (Å²) >= 11 is 0. The van der Waals surface area contributed by atoms with E-state index in [1.165, 1.54) is 0 Å². The monoisotopic (exact) mass is 248 g/mol. The molecule has 1 saturated heterocycles. The van der Waals surface area contributed by atoms with Crippen LogP contribution in [-0.2, 0) is 7.05 Å². The Morgan fingerprint density at radius 1 is 1.28 bits per heavy atom. The van der Waals surface area contributed by atoms with Gasteiger partial charge in [-0.1, -0.05) is 13.8 Å². The van der Waals surface area contributed by atoms with Crippen LogP contribution in [-0.4, -0.2) is 34.9 Å². The maximum atomic E-state index is 12.3. The van der Waals surface area contributed by atoms with Gasteiger partial charge in [0.1, 0.15) is 0 Å². The molecular formula is C15H24N2O. The number of nitrogens with zero attached hydrogens (tertiary/aromatic N) is 2. The molecule has 0 bridgehead atoms. The second-order valence-corrected chi connectivity index (χ2v) is 5.92. The summed E-state index contributed by atoms with van der Waals surface area (Å²) in [6.07, 6.45) is 0. The molecule has 0 amide bonds. The number of aromatic nitrogens is 1. The van der Waals surface area contributed by atoms with E-state index in [2.05, 4.69) is 23.3 Å². The molecule has 0 radical (unpaired) electrons. The minimum absolute atomic E-state index is 0.262. The Hall–Kier alpha value is -1.09. The number of carbonyl (C=O) groups excluding carboxylic acids is 1. The highest BCUT2D eigenvalue weighted by Gasteiger charge is 2.28. The Morgan fingerprint density at radius 2 is 1.83 bits per heavy atom. The molecular weight excluding hydrogens is 224 g/mol. The molecule has 2 atom stereocenters. The van der Waals surface area contributed by atoms with Gasteiger partial charge in [-0.15, -0.1) is 0 Å². The number of rotatable bonds is 3. The third-order valence-electron chi connectivity index (χ3n) is 4.51. The van der Waals surface area contributed by atoms with Gasteiger partial charge in [-0.05, 0) is 31.7 Å². The van der Waals surface area contributed by atoms with Crippen LogP contribution in [0.3, 0.4) is 0 Å². The number of hydrogen-bond donors (Lipinski definition) is 0. The van der Waals surface area contributed by atoms with Crippen molar-refractivity contribution in [3.05, 3.63) is 23.0 Å². The van der Waals surface area contributed by atoms with Crippen LogP contribution >= 0.6 is 0 Å². The van der Waals surface area contributed by atoms with Gasteiger partial charge in [0, 0.05) is 37.1 Å². The molecule has 0 saturated carbocycles. The second kappa shape index (κ2) is 4.88. The molecule has 0 aliphatic carbocycles. The molecule has 100 valence electrons. The van der Waals surface area contributed by atoms with E-state index in [1.54, 1.807) is 0 Å². The zero-order valence-electron chi connectivity index (χ0n) is 12.2. The molecule has 0 aromatic carbocycles. The number of hydrogen-bond acceptors (Lipinski definition) is 2. The summed E-state index contributed by atoms with van der Waals surface area (Å²) < 4.78 is 2.09. The summed E-state index contributed by atoms with van der Waals surface area (Å²) in [5, 5.41) is 0. The number of aryl methyl sites for hydroxylation is 1. The molecule has 18 heavy (non-hydrogen) atoms. The average Bonchev–Trinajstić information content (AvgIpc) is 2.74. The molecule has 2 rings (SSSR count). The summed E-state index contributed by atoms with van der Waals surface area (Å²) in [6, 6.07) is 2.01. The van der Waals surface area contributed by atoms with Crippen LogP contribution in [0.1, 0.15) is 35.6 Å². The van der Waals surface area contributed by atoms with E-state index in [9.17, 15) is 4.79 Å². The second-order valence-electron chi connectivity index (χ2n) is 5.92. The molecule has 2 heterocycles. The van der Waals surface area contributed by atoms with Crippen LogP contribution < -0.4 is 0 Å². The van der Waals surface area contributed by atoms with E-state index in [4.69, 9.17) is 0 Å². The third-order valence-corrected chi connectivity index (χ3v) is 4.51. The zero-order chi connectivity index (χ0) is 13.4. The first-order valence-corrected chi connectivity index (χ1v) is 6.78. The normalized spacial score (nSPS) is 24.7. The van der Waals surface area contributed by atoms with Crippen molar-refractivity contribution < 1.29 is 4.79 Å². The fourth-order valence-electron chi connectivity index (χ4n) is 2.80. The van der Waals surface area contributed by atoms with Crippen LogP contribution in [0.5, 0.6) is 0 Å². The fraction of sp³-hybridized carbons (Fsp3) is 0.667. The van der Waals surface area contributed by atoms with Crippen molar-refractivity contribution in [2.75, 3.05) is 19.6 Å². The van der Waals surface area contributed by atoms with Crippen molar-refractivity contribution >= 4 is 5.78 Å². The predicted octanol–water partition coefficient (Wildman–Crippen LogP) is 2.41. The van der Waals surface area contributed by atoms with Crippen molar-refractivity contribution in [3.8, 4) is 0 Å². The van der Waals surface area contributed by atoms with Crippen LogP contribution in [0.15, 0.2) is 6.07 Å². The fourth-order valence-corrected chi connectivity index (χ4v) is 2.80. The van der Waals surface area contributed by atoms with Crippen LogP contribution in [0, 0.1) is 25.7 Å². The molecule has 1 aromatic heterocycles. The minimum atomic E-state index is 0.262. The quantitative estimate of drug-likeness (QED) is 0.768. The average molecular weight is 248 g/mol. The highest BCUT2D eigenvalue weighted by atomic mass is 16.1. The van der Waals surface area contributed by atoms with E-state index in [0.717, 1.165) is 30.0 Å². The van der Waals surface area contributed by atoms with Gasteiger partial charge in [0.25, 0.3) is 0 Å². The van der Waals surface area contributed by atoms with Crippen molar-refractivity contribution in [2.24, 2.45) is 18.9 Å². The Labute approximate surface area is 110 Å². The van der Waals surface area contributed by atoms with Gasteiger partial charge in [0.05, 0.1) is 6.54 Å². The van der Waals surface area contributed by atoms with E-state index in [-0.39, 0.29) is 5.78 Å². The lowest BCUT2D eigenvalue weighted by molar-refractivity contribution is 0.0942. The van der Waals surface area contributed by atoms with Crippen molar-refractivity contribution in [1.82, 2.24) is 9.47 Å². The van der Waals surface area contributed by atoms with Gasteiger partial charge in [0.2, 0.25) is 0 Å². The number of likely N-dealkylation sites (tertiary alicyclic amines) is 1. The molecule has 1 aliphatic rings. The first-order chi connectivity index (χ1) is 8.40. The smallest absolute Gasteiger partial charge is 0.178 e. The largest absolute Gasteiger partial charge is 0.351 e. The molecule has 3 heteroatoms. The molecule has 1 fully saturated rings. The first kappa shape index (κ1) is 13.3. The lowest BCUT2D eigenvalue weighted by atomic mass is 10.0. The molecule has 0 spiro atoms. The summed E-state index contributed by atoms with van der Waals surface area (Å²) in [7, 11) is 2.02. The van der Waals surface area contributed by atoms with Gasteiger partial charge in [-0.3, -0.25) is 9.69 Å². The highest BCUT2D eigenvalue weighted by molar-refractivity contribution is 5.99. The van der Waals surface area contributed by atoms with E-state index in [0.29, 0.717) is 18.4 Å². The minimum Gasteiger partial charge on any atom is -0.351 e. The van der Waals surface area contributed by atoms with Gasteiger partial charge in [0.15, 0.2) is 5.78 Å². The van der Waals surface area contributed by atoms with E-state index in [1.807, 2.05) is 27.0 Å². The molecule has 1 aliphatic heterocycles. The van der Waals surface area contributed by atoms with Crippen LogP contribution in [0.4, 0.5) is 0 Å². The van der Waals surface area contributed by atoms with Crippen molar-refractivity contribution in [1.29, 1.82) is 0 Å². The summed E-state index contributed by atoms with van der Waals surface area (Å²) in [6.45, 7) is 11.3. The standard InChI is InChI=1S/C15H24N2O/c1-10-7-17(8-11(10)2)9-15(18)14-6-12(3)16(5)13(14)4/h6,10-11H,7-9H2,1-5H3. The lowest BCUT2D eigenvalue weighted by Crippen LogP contribution is -2.28. The SMILES string of the molecule is Cc1cc(C(=O)CN2CC(C)C(C)C2)c(C)n1C. The number of ketones is 1. The first-order valence-electron chi connectivity index (χ1n) is 6.78. The molecule has 0 N–H and O–H groups in total. The summed E-state index contributed by atoms with van der Waals surface area (Å²) in [5.74, 6) is 1.67. The maximum Gasteiger partial charge on any atom is 0.178 e. The van der Waals surface area contributed by atoms with Gasteiger partial charge >= 0.3 is 0 Å². The van der Waals surface area contributed by atoms with Gasteiger partial charge in [-0.2, -0.15) is 0 Å². The van der Waals surface area contributed by atoms with E-state index < -0.39 is 0 Å². The maximum absolute atomic E-state index is 12.3. The molecule has 2 unspecified atom stereocenters.